The molecule has 0 aliphatic carbocycles. The molecular weight excluding hydrogens is 176 g/mol. The van der Waals surface area contributed by atoms with Gasteiger partial charge in [-0.1, -0.05) is 0 Å². The molecule has 1 aliphatic rings. The Labute approximate surface area is 84.7 Å². The van der Waals surface area contributed by atoms with Crippen molar-refractivity contribution in [3.8, 4) is 0 Å². The third kappa shape index (κ3) is 1.96. The fourth-order valence-electron chi connectivity index (χ4n) is 1.90. The molecule has 1 aromatic rings. The molecule has 0 amide bonds. The zero-order valence-electron chi connectivity index (χ0n) is 8.69. The summed E-state index contributed by atoms with van der Waals surface area (Å²) in [7, 11) is 0. The van der Waals surface area contributed by atoms with Gasteiger partial charge < -0.3 is 15.2 Å². The van der Waals surface area contributed by atoms with Crippen LogP contribution in [0.4, 0.5) is 0 Å². The first kappa shape index (κ1) is 9.68. The van der Waals surface area contributed by atoms with Gasteiger partial charge in [0.25, 0.3) is 0 Å². The van der Waals surface area contributed by atoms with Crippen LogP contribution in [0.3, 0.4) is 0 Å². The fraction of sp³-hybridized carbons (Fsp3) is 0.700. The van der Waals surface area contributed by atoms with Crippen LogP contribution < -0.4 is 5.73 Å². The van der Waals surface area contributed by atoms with Crippen molar-refractivity contribution in [2.75, 3.05) is 26.2 Å². The molecule has 4 nitrogen and oxygen atoms in total. The summed E-state index contributed by atoms with van der Waals surface area (Å²) >= 11 is 0. The van der Waals surface area contributed by atoms with E-state index in [1.807, 2.05) is 19.3 Å². The number of likely N-dealkylation sites (tertiary alicyclic amines) is 1. The van der Waals surface area contributed by atoms with Crippen molar-refractivity contribution < 1.29 is 0 Å². The zero-order chi connectivity index (χ0) is 9.97. The Morgan fingerprint density at radius 3 is 2.86 bits per heavy atom. The Morgan fingerprint density at radius 2 is 2.29 bits per heavy atom. The maximum Gasteiger partial charge on any atom is 0.105 e. The summed E-state index contributed by atoms with van der Waals surface area (Å²) in [6.07, 6.45) is 3.89. The summed E-state index contributed by atoms with van der Waals surface area (Å²) in [5, 5.41) is 0. The number of rotatable bonds is 4. The van der Waals surface area contributed by atoms with E-state index in [1.54, 1.807) is 0 Å². The Kier molecular flexibility index (Phi) is 2.84. The molecule has 0 saturated carbocycles. The lowest BCUT2D eigenvalue weighted by atomic mass is 10.0. The lowest BCUT2D eigenvalue weighted by Gasteiger charge is -2.38. The normalized spacial score (nSPS) is 18.4. The van der Waals surface area contributed by atoms with Gasteiger partial charge in [0, 0.05) is 38.6 Å². The van der Waals surface area contributed by atoms with E-state index in [9.17, 15) is 0 Å². The van der Waals surface area contributed by atoms with E-state index in [0.29, 0.717) is 0 Å². The maximum absolute atomic E-state index is 5.57. The Balaban J connectivity index is 1.72. The highest BCUT2D eigenvalue weighted by Crippen LogP contribution is 2.13. The van der Waals surface area contributed by atoms with Crippen molar-refractivity contribution in [2.24, 2.45) is 11.7 Å². The largest absolute Gasteiger partial charge is 0.334 e. The van der Waals surface area contributed by atoms with Crippen molar-refractivity contribution in [3.63, 3.8) is 0 Å². The molecule has 1 aromatic heterocycles. The van der Waals surface area contributed by atoms with Crippen LogP contribution in [0.1, 0.15) is 5.82 Å². The van der Waals surface area contributed by atoms with E-state index in [2.05, 4.69) is 14.5 Å². The van der Waals surface area contributed by atoms with Crippen LogP contribution in [-0.4, -0.2) is 40.6 Å². The first-order chi connectivity index (χ1) is 6.79. The summed E-state index contributed by atoms with van der Waals surface area (Å²) in [5.41, 5.74) is 5.57. The first-order valence-electron chi connectivity index (χ1n) is 5.19. The number of aryl methyl sites for hydroxylation is 1. The second-order valence-electron chi connectivity index (χ2n) is 4.03. The second kappa shape index (κ2) is 4.11. The van der Waals surface area contributed by atoms with Crippen LogP contribution in [0.5, 0.6) is 0 Å². The molecule has 0 bridgehead atoms. The quantitative estimate of drug-likeness (QED) is 0.738. The van der Waals surface area contributed by atoms with Gasteiger partial charge in [-0.15, -0.1) is 0 Å². The van der Waals surface area contributed by atoms with E-state index >= 15 is 0 Å². The van der Waals surface area contributed by atoms with Gasteiger partial charge in [0.2, 0.25) is 0 Å². The predicted octanol–water partition coefficient (Wildman–Crippen LogP) is 0.0820. The van der Waals surface area contributed by atoms with E-state index in [0.717, 1.165) is 31.4 Å². The van der Waals surface area contributed by atoms with Gasteiger partial charge in [-0.2, -0.15) is 0 Å². The minimum absolute atomic E-state index is 0.735. The van der Waals surface area contributed by atoms with Crippen molar-refractivity contribution in [1.29, 1.82) is 0 Å². The molecule has 0 radical (unpaired) electrons. The molecule has 4 heteroatoms. The van der Waals surface area contributed by atoms with Gasteiger partial charge in [-0.05, 0) is 19.4 Å². The van der Waals surface area contributed by atoms with Gasteiger partial charge in [0.1, 0.15) is 5.82 Å². The minimum atomic E-state index is 0.735. The number of imidazole rings is 1. The average Bonchev–Trinajstić information content (AvgIpc) is 2.49. The van der Waals surface area contributed by atoms with Crippen LogP contribution in [0.2, 0.25) is 0 Å². The number of nitrogens with two attached hydrogens (primary N) is 1. The van der Waals surface area contributed by atoms with E-state index in [-0.39, 0.29) is 0 Å². The highest BCUT2D eigenvalue weighted by molar-refractivity contribution is 4.89. The van der Waals surface area contributed by atoms with E-state index in [4.69, 9.17) is 5.73 Å². The molecular formula is C10H18N4. The summed E-state index contributed by atoms with van der Waals surface area (Å²) in [6, 6.07) is 0. The number of nitrogens with zero attached hydrogens (tertiary/aromatic N) is 3. The molecule has 2 rings (SSSR count). The predicted molar refractivity (Wildman–Crippen MR) is 55.9 cm³/mol. The van der Waals surface area contributed by atoms with Crippen LogP contribution in [-0.2, 0) is 6.54 Å². The number of hydrogen-bond donors (Lipinski definition) is 1. The van der Waals surface area contributed by atoms with Crippen LogP contribution in [0, 0.1) is 12.8 Å². The number of aromatic nitrogens is 2. The third-order valence-electron chi connectivity index (χ3n) is 2.95. The number of hydrogen-bond acceptors (Lipinski definition) is 3. The smallest absolute Gasteiger partial charge is 0.105 e. The monoisotopic (exact) mass is 194 g/mol. The molecule has 14 heavy (non-hydrogen) atoms. The molecule has 1 aliphatic heterocycles. The molecule has 2 heterocycles. The van der Waals surface area contributed by atoms with E-state index in [1.165, 1.54) is 13.1 Å². The van der Waals surface area contributed by atoms with Gasteiger partial charge in [-0.3, -0.25) is 0 Å². The lowest BCUT2D eigenvalue weighted by Crippen LogP contribution is -2.50. The zero-order valence-corrected chi connectivity index (χ0v) is 8.69. The van der Waals surface area contributed by atoms with Crippen LogP contribution >= 0.6 is 0 Å². The van der Waals surface area contributed by atoms with Crippen LogP contribution in [0.15, 0.2) is 12.4 Å². The van der Waals surface area contributed by atoms with Gasteiger partial charge in [0.05, 0.1) is 0 Å². The summed E-state index contributed by atoms with van der Waals surface area (Å²) in [4.78, 5) is 6.64. The SMILES string of the molecule is Cc1nccn1CCN1CC(CN)C1. The van der Waals surface area contributed by atoms with E-state index < -0.39 is 0 Å². The van der Waals surface area contributed by atoms with Crippen molar-refractivity contribution >= 4 is 0 Å². The molecule has 1 fully saturated rings. The second-order valence-corrected chi connectivity index (χ2v) is 4.03. The Hall–Kier alpha value is -0.870. The topological polar surface area (TPSA) is 47.1 Å². The molecule has 0 unspecified atom stereocenters. The minimum Gasteiger partial charge on any atom is -0.334 e. The summed E-state index contributed by atoms with van der Waals surface area (Å²) < 4.78 is 2.19. The highest BCUT2D eigenvalue weighted by atomic mass is 15.2. The lowest BCUT2D eigenvalue weighted by molar-refractivity contribution is 0.101. The molecule has 1 saturated heterocycles. The average molecular weight is 194 g/mol. The molecule has 2 N–H and O–H groups in total. The maximum atomic E-state index is 5.57. The Morgan fingerprint density at radius 1 is 1.50 bits per heavy atom. The fourth-order valence-corrected chi connectivity index (χ4v) is 1.90. The summed E-state index contributed by atoms with van der Waals surface area (Å²) in [6.45, 7) is 7.38. The van der Waals surface area contributed by atoms with Crippen molar-refractivity contribution in [3.05, 3.63) is 18.2 Å². The van der Waals surface area contributed by atoms with Crippen molar-refractivity contribution in [2.45, 2.75) is 13.5 Å². The van der Waals surface area contributed by atoms with Gasteiger partial charge in [0.15, 0.2) is 0 Å². The van der Waals surface area contributed by atoms with Crippen molar-refractivity contribution in [1.82, 2.24) is 14.5 Å². The molecule has 0 atom stereocenters. The molecule has 0 aromatic carbocycles. The van der Waals surface area contributed by atoms with Gasteiger partial charge in [-0.25, -0.2) is 4.98 Å². The van der Waals surface area contributed by atoms with Crippen LogP contribution in [0.25, 0.3) is 0 Å². The molecule has 78 valence electrons. The summed E-state index contributed by atoms with van der Waals surface area (Å²) in [5.74, 6) is 1.83. The third-order valence-corrected chi connectivity index (χ3v) is 2.95. The Bertz CT molecular complexity index is 288. The highest BCUT2D eigenvalue weighted by Gasteiger charge is 2.24. The first-order valence-corrected chi connectivity index (χ1v) is 5.19. The van der Waals surface area contributed by atoms with Gasteiger partial charge >= 0.3 is 0 Å². The molecule has 0 spiro atoms. The standard InChI is InChI=1S/C10H18N4/c1-9-12-2-3-14(9)5-4-13-7-10(6-11)8-13/h2-3,10H,4-8,11H2,1H3.